The van der Waals surface area contributed by atoms with E-state index in [9.17, 15) is 18.0 Å². The first kappa shape index (κ1) is 21.6. The van der Waals surface area contributed by atoms with Gasteiger partial charge in [-0.1, -0.05) is 0 Å². The second-order valence-electron chi connectivity index (χ2n) is 8.05. The molecule has 0 unspecified atom stereocenters. The van der Waals surface area contributed by atoms with Crippen LogP contribution in [0.3, 0.4) is 0 Å². The summed E-state index contributed by atoms with van der Waals surface area (Å²) in [5, 5.41) is 0. The Hall–Kier alpha value is -2.65. The maximum Gasteiger partial charge on any atom is 0.252 e. The van der Waals surface area contributed by atoms with Crippen molar-refractivity contribution in [2.75, 3.05) is 13.7 Å². The molecule has 0 amide bonds. The molecule has 2 heterocycles. The molecule has 1 fully saturated rings. The molecule has 0 bridgehead atoms. The van der Waals surface area contributed by atoms with Crippen molar-refractivity contribution in [3.8, 4) is 0 Å². The highest BCUT2D eigenvalue weighted by molar-refractivity contribution is 5.74. The number of nitrogens with two attached hydrogens (primary N) is 1. The van der Waals surface area contributed by atoms with E-state index in [1.165, 1.54) is 13.2 Å². The van der Waals surface area contributed by atoms with Crippen molar-refractivity contribution >= 4 is 11.1 Å². The summed E-state index contributed by atoms with van der Waals surface area (Å²) in [5.74, 6) is -1.79. The van der Waals surface area contributed by atoms with Gasteiger partial charge in [-0.15, -0.1) is 0 Å². The number of nitrogens with one attached hydrogen (secondary N) is 1. The van der Waals surface area contributed by atoms with E-state index < -0.39 is 35.3 Å². The quantitative estimate of drug-likeness (QED) is 0.608. The zero-order valence-electron chi connectivity index (χ0n) is 17.0. The summed E-state index contributed by atoms with van der Waals surface area (Å²) in [5.41, 5.74) is 6.52. The standard InChI is InChI=1S/C22H24F3N3O3/c1-30-10-16(15-8-14(24)9-27-21(15)29)12-6-17(25)20-18(7-12)28-22(31-20)19(26)11-2-4-13(23)5-3-11/h6-9,11,13,16,19H,2-5,10,26H2,1H3,(H,27,29)/t11?,13?,16-,19+/m1/s1. The van der Waals surface area contributed by atoms with Gasteiger partial charge >= 0.3 is 0 Å². The van der Waals surface area contributed by atoms with Crippen LogP contribution in [0.1, 0.15) is 54.7 Å². The fourth-order valence-electron chi connectivity index (χ4n) is 4.28. The van der Waals surface area contributed by atoms with E-state index >= 15 is 0 Å². The lowest BCUT2D eigenvalue weighted by Crippen LogP contribution is -2.26. The third-order valence-electron chi connectivity index (χ3n) is 5.99. The molecule has 9 heteroatoms. The fraction of sp³-hybridized carbons (Fsp3) is 0.455. The number of hydrogen-bond donors (Lipinski definition) is 2. The number of nitrogens with zero attached hydrogens (tertiary/aromatic N) is 1. The molecule has 31 heavy (non-hydrogen) atoms. The van der Waals surface area contributed by atoms with E-state index in [1.807, 2.05) is 0 Å². The molecule has 166 valence electrons. The Morgan fingerprint density at radius 1 is 1.26 bits per heavy atom. The maximum absolute atomic E-state index is 14.9. The Morgan fingerprint density at radius 3 is 2.71 bits per heavy atom. The van der Waals surface area contributed by atoms with E-state index in [0.717, 1.165) is 12.3 Å². The summed E-state index contributed by atoms with van der Waals surface area (Å²) in [7, 11) is 1.44. The van der Waals surface area contributed by atoms with Crippen LogP contribution >= 0.6 is 0 Å². The highest BCUT2D eigenvalue weighted by Gasteiger charge is 2.30. The molecule has 0 aliphatic heterocycles. The molecular formula is C22H24F3N3O3. The zero-order valence-corrected chi connectivity index (χ0v) is 17.0. The van der Waals surface area contributed by atoms with Gasteiger partial charge in [-0.2, -0.15) is 0 Å². The molecule has 2 aromatic heterocycles. The lowest BCUT2D eigenvalue weighted by molar-refractivity contribution is 0.182. The number of ether oxygens (including phenoxy) is 1. The van der Waals surface area contributed by atoms with Crippen molar-refractivity contribution < 1.29 is 22.3 Å². The van der Waals surface area contributed by atoms with Crippen molar-refractivity contribution in [3.63, 3.8) is 0 Å². The van der Waals surface area contributed by atoms with Gasteiger partial charge in [0.05, 0.1) is 12.6 Å². The number of benzene rings is 1. The molecule has 6 nitrogen and oxygen atoms in total. The van der Waals surface area contributed by atoms with Crippen molar-refractivity contribution in [2.45, 2.75) is 43.8 Å². The third kappa shape index (κ3) is 4.38. The summed E-state index contributed by atoms with van der Waals surface area (Å²) < 4.78 is 52.9. The molecule has 3 aromatic rings. The minimum Gasteiger partial charge on any atom is -0.436 e. The highest BCUT2D eigenvalue weighted by atomic mass is 19.1. The first-order valence-electron chi connectivity index (χ1n) is 10.2. The summed E-state index contributed by atoms with van der Waals surface area (Å²) in [6, 6.07) is 3.36. The second-order valence-corrected chi connectivity index (χ2v) is 8.05. The van der Waals surface area contributed by atoms with Gasteiger partial charge in [0.25, 0.3) is 5.56 Å². The fourth-order valence-corrected chi connectivity index (χ4v) is 4.28. The van der Waals surface area contributed by atoms with Gasteiger partial charge < -0.3 is 19.9 Å². The van der Waals surface area contributed by atoms with Crippen LogP contribution in [-0.4, -0.2) is 29.9 Å². The molecular weight excluding hydrogens is 411 g/mol. The predicted octanol–water partition coefficient (Wildman–Crippen LogP) is 4.10. The van der Waals surface area contributed by atoms with Crippen LogP contribution in [0.15, 0.2) is 33.6 Å². The van der Waals surface area contributed by atoms with E-state index in [1.54, 1.807) is 6.07 Å². The van der Waals surface area contributed by atoms with Crippen LogP contribution in [0.4, 0.5) is 13.2 Å². The third-order valence-corrected chi connectivity index (χ3v) is 5.99. The normalized spacial score (nSPS) is 21.3. The van der Waals surface area contributed by atoms with Gasteiger partial charge in [0.2, 0.25) is 5.89 Å². The molecule has 3 N–H and O–H groups in total. The first-order valence-corrected chi connectivity index (χ1v) is 10.2. The molecule has 1 aliphatic rings. The van der Waals surface area contributed by atoms with E-state index in [2.05, 4.69) is 9.97 Å². The van der Waals surface area contributed by atoms with Crippen molar-refractivity contribution in [3.05, 3.63) is 63.4 Å². The predicted molar refractivity (Wildman–Crippen MR) is 108 cm³/mol. The van der Waals surface area contributed by atoms with E-state index in [-0.39, 0.29) is 35.1 Å². The van der Waals surface area contributed by atoms with Gasteiger partial charge in [-0.3, -0.25) is 4.79 Å². The Labute approximate surface area is 176 Å². The van der Waals surface area contributed by atoms with Crippen LogP contribution in [0.5, 0.6) is 0 Å². The number of aromatic nitrogens is 2. The smallest absolute Gasteiger partial charge is 0.252 e. The molecule has 1 saturated carbocycles. The molecule has 2 atom stereocenters. The van der Waals surface area contributed by atoms with Crippen LogP contribution < -0.4 is 11.3 Å². The number of halogens is 3. The van der Waals surface area contributed by atoms with Gasteiger partial charge in [0, 0.05) is 24.8 Å². The minimum absolute atomic E-state index is 0.00897. The number of methoxy groups -OCH3 is 1. The van der Waals surface area contributed by atoms with E-state index in [4.69, 9.17) is 14.9 Å². The summed E-state index contributed by atoms with van der Waals surface area (Å²) >= 11 is 0. The number of rotatable bonds is 6. The maximum atomic E-state index is 14.9. The van der Waals surface area contributed by atoms with Crippen molar-refractivity contribution in [1.82, 2.24) is 9.97 Å². The molecule has 0 saturated heterocycles. The van der Waals surface area contributed by atoms with Gasteiger partial charge in [0.1, 0.15) is 17.5 Å². The zero-order chi connectivity index (χ0) is 22.1. The first-order chi connectivity index (χ1) is 14.9. The van der Waals surface area contributed by atoms with Crippen LogP contribution in [0, 0.1) is 17.6 Å². The van der Waals surface area contributed by atoms with Crippen molar-refractivity contribution in [2.24, 2.45) is 11.7 Å². The topological polar surface area (TPSA) is 94.1 Å². The van der Waals surface area contributed by atoms with Crippen LogP contribution in [0.25, 0.3) is 11.1 Å². The minimum atomic E-state index is -0.809. The Balaban J connectivity index is 1.70. The molecule has 1 aliphatic carbocycles. The highest BCUT2D eigenvalue weighted by Crippen LogP contribution is 2.36. The lowest BCUT2D eigenvalue weighted by atomic mass is 9.83. The van der Waals surface area contributed by atoms with Crippen LogP contribution in [-0.2, 0) is 4.74 Å². The molecule has 0 radical (unpaired) electrons. The van der Waals surface area contributed by atoms with Crippen molar-refractivity contribution in [1.29, 1.82) is 0 Å². The summed E-state index contributed by atoms with van der Waals surface area (Å²) in [6.07, 6.45) is 2.27. The average molecular weight is 435 g/mol. The number of pyridine rings is 1. The SMILES string of the molecule is COC[C@H](c1cc(F)c2oc([C@@H](N)C3CCC(F)CC3)nc2c1)c1cc(F)c[nH]c1=O. The Morgan fingerprint density at radius 2 is 2.00 bits per heavy atom. The van der Waals surface area contributed by atoms with E-state index in [0.29, 0.717) is 31.2 Å². The lowest BCUT2D eigenvalue weighted by Gasteiger charge is -2.27. The monoisotopic (exact) mass is 435 g/mol. The van der Waals surface area contributed by atoms with Gasteiger partial charge in [-0.05, 0) is 55.4 Å². The Kier molecular flexibility index (Phi) is 6.15. The second kappa shape index (κ2) is 8.84. The van der Waals surface area contributed by atoms with Gasteiger partial charge in [-0.25, -0.2) is 18.2 Å². The number of hydrogen-bond acceptors (Lipinski definition) is 5. The number of fused-ring (bicyclic) bond motifs is 1. The number of oxazole rings is 1. The number of aromatic amines is 1. The molecule has 0 spiro atoms. The Bertz CT molecular complexity index is 1120. The molecule has 4 rings (SSSR count). The summed E-state index contributed by atoms with van der Waals surface area (Å²) in [4.78, 5) is 19.0. The van der Waals surface area contributed by atoms with Crippen LogP contribution in [0.2, 0.25) is 0 Å². The molecule has 1 aromatic carbocycles. The number of alkyl halides is 1. The average Bonchev–Trinajstić information content (AvgIpc) is 3.19. The van der Waals surface area contributed by atoms with Gasteiger partial charge in [0.15, 0.2) is 11.4 Å². The number of H-pyrrole nitrogens is 1. The summed E-state index contributed by atoms with van der Waals surface area (Å²) in [6.45, 7) is 0.0359. The largest absolute Gasteiger partial charge is 0.436 e.